The fourth-order valence-electron chi connectivity index (χ4n) is 3.49. The average Bonchev–Trinajstić information content (AvgIpc) is 3.37. The standard InChI is InChI=1S/C22H22N6O4/c1-3-32-22(31)16-7-8-17-13-28(21(30)18(17)12-16)10-9-23-20(29)15-6-4-5-14(11-15)19-24-26-27(2)25-19/h4-8,11-12H,3,9-10,13H2,1-2H3,(H,23,29). The SMILES string of the molecule is CCOC(=O)c1ccc2c(c1)C(=O)N(CCNC(=O)c1cccc(-c3nnn(C)n3)c1)C2. The van der Waals surface area contributed by atoms with Gasteiger partial charge in [-0.1, -0.05) is 18.2 Å². The number of hydrogen-bond acceptors (Lipinski definition) is 7. The van der Waals surface area contributed by atoms with Crippen LogP contribution in [0.2, 0.25) is 0 Å². The Kier molecular flexibility index (Phi) is 5.93. The maximum absolute atomic E-state index is 12.7. The number of carbonyl (C=O) groups excluding carboxylic acids is 3. The molecule has 0 aliphatic carbocycles. The van der Waals surface area contributed by atoms with Crippen LogP contribution in [-0.4, -0.2) is 62.6 Å². The van der Waals surface area contributed by atoms with Crippen molar-refractivity contribution in [3.8, 4) is 11.4 Å². The third kappa shape index (κ3) is 4.34. The third-order valence-corrected chi connectivity index (χ3v) is 5.06. The van der Waals surface area contributed by atoms with Crippen LogP contribution in [-0.2, 0) is 18.3 Å². The van der Waals surface area contributed by atoms with Gasteiger partial charge in [0, 0.05) is 36.3 Å². The molecule has 4 rings (SSSR count). The lowest BCUT2D eigenvalue weighted by molar-refractivity contribution is 0.0526. The minimum Gasteiger partial charge on any atom is -0.462 e. The Morgan fingerprint density at radius 1 is 1.16 bits per heavy atom. The molecule has 0 atom stereocenters. The van der Waals surface area contributed by atoms with E-state index >= 15 is 0 Å². The molecule has 10 nitrogen and oxygen atoms in total. The van der Waals surface area contributed by atoms with E-state index in [0.29, 0.717) is 41.2 Å². The predicted octanol–water partition coefficient (Wildman–Crippen LogP) is 1.44. The topological polar surface area (TPSA) is 119 Å². The monoisotopic (exact) mass is 434 g/mol. The van der Waals surface area contributed by atoms with Crippen LogP contribution in [0.5, 0.6) is 0 Å². The Balaban J connectivity index is 1.35. The van der Waals surface area contributed by atoms with Gasteiger partial charge in [0.1, 0.15) is 0 Å². The molecule has 32 heavy (non-hydrogen) atoms. The molecule has 1 N–H and O–H groups in total. The van der Waals surface area contributed by atoms with Crippen LogP contribution in [0.15, 0.2) is 42.5 Å². The largest absolute Gasteiger partial charge is 0.462 e. The lowest BCUT2D eigenvalue weighted by Gasteiger charge is -2.16. The van der Waals surface area contributed by atoms with Crippen molar-refractivity contribution in [2.75, 3.05) is 19.7 Å². The minimum atomic E-state index is -0.451. The molecular weight excluding hydrogens is 412 g/mol. The summed E-state index contributed by atoms with van der Waals surface area (Å²) in [4.78, 5) is 40.2. The molecule has 1 aliphatic heterocycles. The molecule has 0 spiro atoms. The summed E-state index contributed by atoms with van der Waals surface area (Å²) >= 11 is 0. The molecule has 164 valence electrons. The van der Waals surface area contributed by atoms with E-state index in [1.807, 2.05) is 0 Å². The molecule has 2 amide bonds. The van der Waals surface area contributed by atoms with Gasteiger partial charge in [-0.25, -0.2) is 4.79 Å². The van der Waals surface area contributed by atoms with Crippen molar-refractivity contribution in [1.82, 2.24) is 30.4 Å². The molecule has 0 saturated carbocycles. The van der Waals surface area contributed by atoms with E-state index in [4.69, 9.17) is 4.74 Å². The highest BCUT2D eigenvalue weighted by Crippen LogP contribution is 2.24. The van der Waals surface area contributed by atoms with Gasteiger partial charge in [-0.3, -0.25) is 9.59 Å². The molecule has 2 heterocycles. The second kappa shape index (κ2) is 8.96. The van der Waals surface area contributed by atoms with Gasteiger partial charge in [0.25, 0.3) is 11.8 Å². The lowest BCUT2D eigenvalue weighted by atomic mass is 10.1. The van der Waals surface area contributed by atoms with Crippen molar-refractivity contribution in [1.29, 1.82) is 0 Å². The zero-order valence-corrected chi connectivity index (χ0v) is 17.7. The quantitative estimate of drug-likeness (QED) is 0.559. The van der Waals surface area contributed by atoms with Crippen LogP contribution >= 0.6 is 0 Å². The lowest BCUT2D eigenvalue weighted by Crippen LogP contribution is -2.35. The predicted molar refractivity (Wildman–Crippen MR) is 114 cm³/mol. The number of rotatable bonds is 7. The third-order valence-electron chi connectivity index (χ3n) is 5.06. The number of ether oxygens (including phenoxy) is 1. The molecule has 0 unspecified atom stereocenters. The number of esters is 1. The Morgan fingerprint density at radius 2 is 2.00 bits per heavy atom. The Bertz CT molecular complexity index is 1190. The fourth-order valence-corrected chi connectivity index (χ4v) is 3.49. The molecule has 3 aromatic rings. The molecule has 1 aliphatic rings. The second-order valence-corrected chi connectivity index (χ2v) is 7.26. The van der Waals surface area contributed by atoms with E-state index in [9.17, 15) is 14.4 Å². The van der Waals surface area contributed by atoms with Gasteiger partial charge in [0.15, 0.2) is 0 Å². The van der Waals surface area contributed by atoms with Crippen molar-refractivity contribution < 1.29 is 19.1 Å². The van der Waals surface area contributed by atoms with Crippen LogP contribution in [0.4, 0.5) is 0 Å². The molecule has 10 heteroatoms. The molecule has 1 aromatic heterocycles. The Labute approximate surface area is 184 Å². The first-order valence-electron chi connectivity index (χ1n) is 10.2. The molecule has 0 fully saturated rings. The summed E-state index contributed by atoms with van der Waals surface area (Å²) in [6.07, 6.45) is 0. The van der Waals surface area contributed by atoms with E-state index in [-0.39, 0.29) is 25.0 Å². The minimum absolute atomic E-state index is 0.170. The summed E-state index contributed by atoms with van der Waals surface area (Å²) in [5.41, 5.74) is 2.84. The summed E-state index contributed by atoms with van der Waals surface area (Å²) < 4.78 is 5.00. The van der Waals surface area contributed by atoms with Crippen LogP contribution < -0.4 is 5.32 Å². The normalized spacial score (nSPS) is 12.6. The number of tetrazole rings is 1. The maximum Gasteiger partial charge on any atom is 0.338 e. The van der Waals surface area contributed by atoms with Gasteiger partial charge >= 0.3 is 5.97 Å². The van der Waals surface area contributed by atoms with E-state index in [0.717, 1.165) is 5.56 Å². The first kappa shape index (κ1) is 21.2. The van der Waals surface area contributed by atoms with Gasteiger partial charge in [-0.15, -0.1) is 10.2 Å². The van der Waals surface area contributed by atoms with Gasteiger partial charge in [-0.2, -0.15) is 4.80 Å². The zero-order chi connectivity index (χ0) is 22.7. The molecular formula is C22H22N6O4. The highest BCUT2D eigenvalue weighted by atomic mass is 16.5. The van der Waals surface area contributed by atoms with Gasteiger partial charge in [-0.05, 0) is 42.0 Å². The summed E-state index contributed by atoms with van der Waals surface area (Å²) in [6.45, 7) is 3.07. The summed E-state index contributed by atoms with van der Waals surface area (Å²) in [6, 6.07) is 11.9. The van der Waals surface area contributed by atoms with Crippen LogP contribution in [0, 0.1) is 0 Å². The highest BCUT2D eigenvalue weighted by Gasteiger charge is 2.28. The Morgan fingerprint density at radius 3 is 2.75 bits per heavy atom. The van der Waals surface area contributed by atoms with Crippen LogP contribution in [0.1, 0.15) is 43.6 Å². The van der Waals surface area contributed by atoms with Gasteiger partial charge in [0.2, 0.25) is 5.82 Å². The fraction of sp³-hybridized carbons (Fsp3) is 0.273. The summed E-state index contributed by atoms with van der Waals surface area (Å²) in [5.74, 6) is -0.446. The first-order valence-corrected chi connectivity index (χ1v) is 10.2. The average molecular weight is 434 g/mol. The van der Waals surface area contributed by atoms with Crippen molar-refractivity contribution in [3.63, 3.8) is 0 Å². The van der Waals surface area contributed by atoms with Crippen molar-refractivity contribution >= 4 is 17.8 Å². The molecule has 0 saturated heterocycles. The summed E-state index contributed by atoms with van der Waals surface area (Å²) in [5, 5.41) is 14.7. The maximum atomic E-state index is 12.7. The molecule has 2 aromatic carbocycles. The van der Waals surface area contributed by atoms with Gasteiger partial charge < -0.3 is 15.0 Å². The van der Waals surface area contributed by atoms with E-state index in [1.54, 1.807) is 61.3 Å². The molecule has 0 radical (unpaired) electrons. The van der Waals surface area contributed by atoms with E-state index in [1.165, 1.54) is 4.80 Å². The number of fused-ring (bicyclic) bond motifs is 1. The van der Waals surface area contributed by atoms with Crippen molar-refractivity contribution in [2.24, 2.45) is 7.05 Å². The number of carbonyl (C=O) groups is 3. The highest BCUT2D eigenvalue weighted by molar-refractivity contribution is 6.01. The number of nitrogens with one attached hydrogen (secondary N) is 1. The van der Waals surface area contributed by atoms with E-state index < -0.39 is 5.97 Å². The number of aryl methyl sites for hydroxylation is 1. The number of benzene rings is 2. The smallest absolute Gasteiger partial charge is 0.338 e. The number of nitrogens with zero attached hydrogens (tertiary/aromatic N) is 5. The van der Waals surface area contributed by atoms with Crippen LogP contribution in [0.25, 0.3) is 11.4 Å². The van der Waals surface area contributed by atoms with Crippen LogP contribution in [0.3, 0.4) is 0 Å². The van der Waals surface area contributed by atoms with E-state index in [2.05, 4.69) is 20.7 Å². The zero-order valence-electron chi connectivity index (χ0n) is 17.7. The number of aromatic nitrogens is 4. The Hall–Kier alpha value is -4.08. The molecule has 0 bridgehead atoms. The summed E-state index contributed by atoms with van der Waals surface area (Å²) in [7, 11) is 1.67. The van der Waals surface area contributed by atoms with Crippen molar-refractivity contribution in [3.05, 3.63) is 64.7 Å². The second-order valence-electron chi connectivity index (χ2n) is 7.26. The number of hydrogen-bond donors (Lipinski definition) is 1. The van der Waals surface area contributed by atoms with Gasteiger partial charge in [0.05, 0.1) is 19.2 Å². The van der Waals surface area contributed by atoms with Crippen molar-refractivity contribution in [2.45, 2.75) is 13.5 Å². The first-order chi connectivity index (χ1) is 15.5. The number of amides is 2.